The molecule has 4 heteroatoms. The first-order chi connectivity index (χ1) is 8.54. The van der Waals surface area contributed by atoms with E-state index in [2.05, 4.69) is 6.07 Å². The van der Waals surface area contributed by atoms with Crippen LogP contribution in [-0.2, 0) is 0 Å². The van der Waals surface area contributed by atoms with E-state index in [0.717, 1.165) is 11.1 Å². The van der Waals surface area contributed by atoms with Crippen LogP contribution in [0.15, 0.2) is 24.3 Å². The van der Waals surface area contributed by atoms with Gasteiger partial charge in [0.1, 0.15) is 11.1 Å². The summed E-state index contributed by atoms with van der Waals surface area (Å²) in [5.41, 5.74) is 8.84. The zero-order chi connectivity index (χ0) is 13.3. The van der Waals surface area contributed by atoms with Crippen molar-refractivity contribution in [3.8, 4) is 17.2 Å². The lowest BCUT2D eigenvalue weighted by Gasteiger charge is -2.03. The molecular formula is C14H12N2OS. The summed E-state index contributed by atoms with van der Waals surface area (Å²) in [7, 11) is 0. The normalized spacial score (nSPS) is 10.1. The van der Waals surface area contributed by atoms with Crippen LogP contribution in [0, 0.1) is 18.3 Å². The largest absolute Gasteiger partial charge is 0.389 e. The molecule has 0 fully saturated rings. The van der Waals surface area contributed by atoms with E-state index < -0.39 is 0 Å². The molecule has 0 saturated carbocycles. The van der Waals surface area contributed by atoms with Crippen molar-refractivity contribution in [1.82, 2.24) is 0 Å². The van der Waals surface area contributed by atoms with Gasteiger partial charge in [0, 0.05) is 5.56 Å². The van der Waals surface area contributed by atoms with Gasteiger partial charge in [0.25, 0.3) is 0 Å². The molecule has 2 aromatic rings. The molecule has 0 amide bonds. The summed E-state index contributed by atoms with van der Waals surface area (Å²) in [5, 5.41) is 9.58. The molecule has 0 aliphatic rings. The van der Waals surface area contributed by atoms with Crippen LogP contribution in [0.4, 0.5) is 5.00 Å². The van der Waals surface area contributed by atoms with Crippen molar-refractivity contribution in [3.63, 3.8) is 0 Å². The number of nitriles is 1. The third-order valence-corrected chi connectivity index (χ3v) is 3.83. The summed E-state index contributed by atoms with van der Waals surface area (Å²) in [4.78, 5) is 12.2. The molecule has 1 heterocycles. The van der Waals surface area contributed by atoms with E-state index in [1.54, 1.807) is 0 Å². The third kappa shape index (κ3) is 2.01. The van der Waals surface area contributed by atoms with Gasteiger partial charge in [0.05, 0.1) is 10.4 Å². The van der Waals surface area contributed by atoms with Crippen molar-refractivity contribution >= 4 is 22.1 Å². The molecule has 0 unspecified atom stereocenters. The molecule has 0 spiro atoms. The van der Waals surface area contributed by atoms with Crippen molar-refractivity contribution in [2.45, 2.75) is 13.8 Å². The average molecular weight is 256 g/mol. The molecule has 90 valence electrons. The highest BCUT2D eigenvalue weighted by Gasteiger charge is 2.20. The Bertz CT molecular complexity index is 648. The fraction of sp³-hybridized carbons (Fsp3) is 0.143. The number of thiophene rings is 1. The number of hydrogen-bond acceptors (Lipinski definition) is 4. The molecule has 1 aromatic carbocycles. The van der Waals surface area contributed by atoms with Gasteiger partial charge in [-0.05, 0) is 19.4 Å². The smallest absolute Gasteiger partial charge is 0.170 e. The summed E-state index contributed by atoms with van der Waals surface area (Å²) < 4.78 is 0. The van der Waals surface area contributed by atoms with Crippen molar-refractivity contribution < 1.29 is 4.79 Å². The number of hydrogen-bond donors (Lipinski definition) is 1. The number of anilines is 1. The van der Waals surface area contributed by atoms with Gasteiger partial charge in [-0.2, -0.15) is 5.26 Å². The predicted molar refractivity (Wildman–Crippen MR) is 73.6 cm³/mol. The van der Waals surface area contributed by atoms with E-state index >= 15 is 0 Å². The number of Topliss-reactive ketones (excluding diaryl/α,β-unsaturated/α-hetero) is 1. The number of benzene rings is 1. The first-order valence-corrected chi connectivity index (χ1v) is 6.26. The minimum atomic E-state index is -0.0659. The topological polar surface area (TPSA) is 66.9 Å². The van der Waals surface area contributed by atoms with Gasteiger partial charge in [-0.15, -0.1) is 11.3 Å². The summed E-state index contributed by atoms with van der Waals surface area (Å²) >= 11 is 1.18. The monoisotopic (exact) mass is 256 g/mol. The van der Waals surface area contributed by atoms with Crippen LogP contribution in [0.1, 0.15) is 27.7 Å². The minimum absolute atomic E-state index is 0.0659. The number of rotatable bonds is 2. The Labute approximate surface area is 109 Å². The van der Waals surface area contributed by atoms with Crippen LogP contribution in [0.3, 0.4) is 0 Å². The van der Waals surface area contributed by atoms with Crippen LogP contribution in [0.25, 0.3) is 11.1 Å². The van der Waals surface area contributed by atoms with E-state index in [0.29, 0.717) is 21.0 Å². The maximum Gasteiger partial charge on any atom is 0.170 e. The molecular weight excluding hydrogens is 244 g/mol. The SMILES string of the molecule is CC(=O)c1sc(N)c(C#N)c1-c1ccc(C)cc1. The molecule has 0 bridgehead atoms. The van der Waals surface area contributed by atoms with E-state index in [4.69, 9.17) is 5.73 Å². The Morgan fingerprint density at radius 1 is 1.33 bits per heavy atom. The van der Waals surface area contributed by atoms with Gasteiger partial charge in [-0.3, -0.25) is 4.79 Å². The minimum Gasteiger partial charge on any atom is -0.389 e. The second-order valence-corrected chi connectivity index (χ2v) is 5.13. The molecule has 0 aliphatic heterocycles. The van der Waals surface area contributed by atoms with Gasteiger partial charge >= 0.3 is 0 Å². The number of ketones is 1. The van der Waals surface area contributed by atoms with Crippen LogP contribution >= 0.6 is 11.3 Å². The molecule has 1 aromatic heterocycles. The summed E-state index contributed by atoms with van der Waals surface area (Å²) in [6, 6.07) is 9.80. The Balaban J connectivity index is 2.72. The van der Waals surface area contributed by atoms with E-state index in [-0.39, 0.29) is 5.78 Å². The first-order valence-electron chi connectivity index (χ1n) is 5.45. The fourth-order valence-corrected chi connectivity index (χ4v) is 2.74. The quantitative estimate of drug-likeness (QED) is 0.837. The van der Waals surface area contributed by atoms with Crippen molar-refractivity contribution in [2.24, 2.45) is 0 Å². The third-order valence-electron chi connectivity index (χ3n) is 2.71. The second kappa shape index (κ2) is 4.63. The first kappa shape index (κ1) is 12.3. The summed E-state index contributed by atoms with van der Waals surface area (Å²) in [6.45, 7) is 3.48. The highest BCUT2D eigenvalue weighted by atomic mass is 32.1. The van der Waals surface area contributed by atoms with Gasteiger partial charge in [-0.1, -0.05) is 29.8 Å². The van der Waals surface area contributed by atoms with Crippen LogP contribution in [0.5, 0.6) is 0 Å². The van der Waals surface area contributed by atoms with Gasteiger partial charge in [-0.25, -0.2) is 0 Å². The molecule has 2 rings (SSSR count). The molecule has 0 aliphatic carbocycles. The number of nitrogens with zero attached hydrogens (tertiary/aromatic N) is 1. The fourth-order valence-electron chi connectivity index (χ4n) is 1.80. The number of carbonyl (C=O) groups excluding carboxylic acids is 1. The molecule has 0 radical (unpaired) electrons. The maximum atomic E-state index is 11.6. The van der Waals surface area contributed by atoms with Crippen LogP contribution in [0.2, 0.25) is 0 Å². The Kier molecular flexibility index (Phi) is 3.17. The number of nitrogen functional groups attached to an aromatic ring is 1. The number of aryl methyl sites for hydroxylation is 1. The number of nitrogens with two attached hydrogens (primary N) is 1. The lowest BCUT2D eigenvalue weighted by atomic mass is 9.99. The lowest BCUT2D eigenvalue weighted by Crippen LogP contribution is -1.92. The summed E-state index contributed by atoms with van der Waals surface area (Å²) in [5.74, 6) is -0.0659. The average Bonchev–Trinajstić information content (AvgIpc) is 2.67. The van der Waals surface area contributed by atoms with Crippen molar-refractivity contribution in [3.05, 3.63) is 40.3 Å². The lowest BCUT2D eigenvalue weighted by molar-refractivity contribution is 0.102. The molecule has 3 nitrogen and oxygen atoms in total. The second-order valence-electron chi connectivity index (χ2n) is 4.08. The molecule has 2 N–H and O–H groups in total. The Morgan fingerprint density at radius 2 is 1.94 bits per heavy atom. The number of carbonyl (C=O) groups is 1. The van der Waals surface area contributed by atoms with Crippen LogP contribution in [-0.4, -0.2) is 5.78 Å². The van der Waals surface area contributed by atoms with Gasteiger partial charge in [0.2, 0.25) is 0 Å². The van der Waals surface area contributed by atoms with E-state index in [1.807, 2.05) is 31.2 Å². The Morgan fingerprint density at radius 3 is 2.44 bits per heavy atom. The molecule has 18 heavy (non-hydrogen) atoms. The van der Waals surface area contributed by atoms with E-state index in [9.17, 15) is 10.1 Å². The highest BCUT2D eigenvalue weighted by molar-refractivity contribution is 7.18. The van der Waals surface area contributed by atoms with Crippen LogP contribution < -0.4 is 5.73 Å². The highest BCUT2D eigenvalue weighted by Crippen LogP contribution is 2.38. The van der Waals surface area contributed by atoms with Gasteiger partial charge in [0.15, 0.2) is 5.78 Å². The van der Waals surface area contributed by atoms with Crippen molar-refractivity contribution in [2.75, 3.05) is 5.73 Å². The zero-order valence-corrected chi connectivity index (χ0v) is 11.0. The van der Waals surface area contributed by atoms with Gasteiger partial charge < -0.3 is 5.73 Å². The molecule has 0 saturated heterocycles. The maximum absolute atomic E-state index is 11.6. The summed E-state index contributed by atoms with van der Waals surface area (Å²) in [6.07, 6.45) is 0. The van der Waals surface area contributed by atoms with Crippen molar-refractivity contribution in [1.29, 1.82) is 5.26 Å². The van der Waals surface area contributed by atoms with E-state index in [1.165, 1.54) is 18.3 Å². The molecule has 0 atom stereocenters. The zero-order valence-electron chi connectivity index (χ0n) is 10.2. The Hall–Kier alpha value is -2.12. The predicted octanol–water partition coefficient (Wildman–Crippen LogP) is 3.38. The standard InChI is InChI=1S/C14H12N2OS/c1-8-3-5-10(6-4-8)12-11(7-15)14(16)18-13(12)9(2)17/h3-6H,16H2,1-2H3.